The molecule has 138 valence electrons. The number of ether oxygens (including phenoxy) is 4. The lowest BCUT2D eigenvalue weighted by Gasteiger charge is -2.41. The molecule has 2 aromatic carbocycles. The molecule has 2 aromatic rings. The van der Waals surface area contributed by atoms with Crippen LogP contribution < -0.4 is 18.9 Å². The first-order chi connectivity index (χ1) is 12.6. The summed E-state index contributed by atoms with van der Waals surface area (Å²) < 4.78 is 21.8. The van der Waals surface area contributed by atoms with Crippen LogP contribution in [0.5, 0.6) is 28.7 Å². The van der Waals surface area contributed by atoms with E-state index in [1.807, 2.05) is 6.07 Å². The van der Waals surface area contributed by atoms with Crippen LogP contribution in [0.1, 0.15) is 28.2 Å². The highest BCUT2D eigenvalue weighted by Gasteiger charge is 2.36. The van der Waals surface area contributed by atoms with Crippen LogP contribution in [-0.2, 0) is 13.1 Å². The Morgan fingerprint density at radius 2 is 1.50 bits per heavy atom. The van der Waals surface area contributed by atoms with Crippen molar-refractivity contribution in [3.05, 3.63) is 40.5 Å². The van der Waals surface area contributed by atoms with Crippen molar-refractivity contribution in [2.75, 3.05) is 35.0 Å². The molecule has 2 aliphatic rings. The number of methoxy groups -OCH3 is 4. The van der Waals surface area contributed by atoms with E-state index in [0.29, 0.717) is 18.0 Å². The smallest absolute Gasteiger partial charge is 0.203 e. The van der Waals surface area contributed by atoms with Gasteiger partial charge in [0.15, 0.2) is 23.0 Å². The number of hydrogen-bond acceptors (Lipinski definition) is 6. The summed E-state index contributed by atoms with van der Waals surface area (Å²) in [5.74, 6) is 2.69. The van der Waals surface area contributed by atoms with Gasteiger partial charge in [0.2, 0.25) is 5.75 Å². The number of fused-ring (bicyclic) bond motifs is 6. The van der Waals surface area contributed by atoms with E-state index in [-0.39, 0.29) is 11.7 Å². The van der Waals surface area contributed by atoms with Crippen LogP contribution in [0, 0.1) is 0 Å². The fraction of sp³-hybridized carbons (Fsp3) is 0.400. The molecule has 2 atom stereocenters. The van der Waals surface area contributed by atoms with E-state index in [1.165, 1.54) is 11.1 Å². The molecule has 0 spiro atoms. The van der Waals surface area contributed by atoms with Gasteiger partial charge >= 0.3 is 0 Å². The largest absolute Gasteiger partial charge is 0.504 e. The van der Waals surface area contributed by atoms with Crippen LogP contribution in [0.15, 0.2) is 18.2 Å². The van der Waals surface area contributed by atoms with E-state index in [1.54, 1.807) is 28.4 Å². The van der Waals surface area contributed by atoms with Crippen LogP contribution in [-0.4, -0.2) is 45.0 Å². The fourth-order valence-corrected chi connectivity index (χ4v) is 4.18. The molecule has 0 radical (unpaired) electrons. The minimum atomic E-state index is 0.132. The summed E-state index contributed by atoms with van der Waals surface area (Å²) >= 11 is 0. The molecule has 2 bridgehead atoms. The zero-order chi connectivity index (χ0) is 18.4. The first kappa shape index (κ1) is 16.8. The molecule has 26 heavy (non-hydrogen) atoms. The predicted molar refractivity (Wildman–Crippen MR) is 96.7 cm³/mol. The maximum absolute atomic E-state index is 10.8. The Hall–Kier alpha value is -2.60. The third-order valence-corrected chi connectivity index (χ3v) is 5.40. The topological polar surface area (TPSA) is 60.4 Å². The number of hydrogen-bond donors (Lipinski definition) is 1. The second kappa shape index (κ2) is 6.29. The monoisotopic (exact) mass is 357 g/mol. The summed E-state index contributed by atoms with van der Waals surface area (Å²) in [4.78, 5) is 2.33. The molecule has 1 N–H and O–H groups in total. The van der Waals surface area contributed by atoms with Crippen molar-refractivity contribution in [3.8, 4) is 28.7 Å². The van der Waals surface area contributed by atoms with Gasteiger partial charge in [0.05, 0.1) is 28.4 Å². The number of phenols is 1. The fourth-order valence-electron chi connectivity index (χ4n) is 4.18. The Labute approximate surface area is 152 Å². The van der Waals surface area contributed by atoms with Gasteiger partial charge in [0, 0.05) is 31.1 Å². The van der Waals surface area contributed by atoms with Crippen molar-refractivity contribution >= 4 is 0 Å². The molecular formula is C20H23NO5. The Bertz CT molecular complexity index is 864. The lowest BCUT2D eigenvalue weighted by molar-refractivity contribution is 0.208. The summed E-state index contributed by atoms with van der Waals surface area (Å²) in [7, 11) is 6.43. The second-order valence-electron chi connectivity index (χ2n) is 6.66. The van der Waals surface area contributed by atoms with Gasteiger partial charge in [0.25, 0.3) is 0 Å². The van der Waals surface area contributed by atoms with Crippen molar-refractivity contribution in [1.82, 2.24) is 4.90 Å². The Balaban J connectivity index is 1.91. The SMILES string of the molecule is COc1cc2c(cc1OC)[C@@H]1CN(C2)Cc2c1cc(OC)c(OC)c2O. The molecule has 6 nitrogen and oxygen atoms in total. The minimum absolute atomic E-state index is 0.132. The number of benzene rings is 2. The molecule has 0 fully saturated rings. The van der Waals surface area contributed by atoms with E-state index in [0.717, 1.165) is 35.7 Å². The Morgan fingerprint density at radius 3 is 2.15 bits per heavy atom. The van der Waals surface area contributed by atoms with Gasteiger partial charge in [0.1, 0.15) is 0 Å². The van der Waals surface area contributed by atoms with Crippen LogP contribution in [0.25, 0.3) is 0 Å². The molecule has 0 saturated carbocycles. The van der Waals surface area contributed by atoms with Gasteiger partial charge < -0.3 is 24.1 Å². The second-order valence-corrected chi connectivity index (χ2v) is 6.66. The van der Waals surface area contributed by atoms with E-state index in [2.05, 4.69) is 17.0 Å². The highest BCUT2D eigenvalue weighted by atomic mass is 16.5. The summed E-state index contributed by atoms with van der Waals surface area (Å²) in [6.07, 6.45) is 0. The average molecular weight is 357 g/mol. The lowest BCUT2D eigenvalue weighted by Crippen LogP contribution is -2.38. The zero-order valence-corrected chi connectivity index (χ0v) is 15.5. The van der Waals surface area contributed by atoms with Crippen LogP contribution in [0.3, 0.4) is 0 Å². The minimum Gasteiger partial charge on any atom is -0.504 e. The summed E-state index contributed by atoms with van der Waals surface area (Å²) in [6.45, 7) is 2.37. The van der Waals surface area contributed by atoms with Crippen molar-refractivity contribution < 1.29 is 24.1 Å². The molecule has 4 rings (SSSR count). The average Bonchev–Trinajstić information content (AvgIpc) is 2.67. The predicted octanol–water partition coefficient (Wildman–Crippen LogP) is 2.89. The Morgan fingerprint density at radius 1 is 0.846 bits per heavy atom. The van der Waals surface area contributed by atoms with E-state index in [4.69, 9.17) is 18.9 Å². The van der Waals surface area contributed by atoms with Crippen LogP contribution in [0.2, 0.25) is 0 Å². The molecule has 0 saturated heterocycles. The Kier molecular flexibility index (Phi) is 4.07. The van der Waals surface area contributed by atoms with E-state index < -0.39 is 0 Å². The summed E-state index contributed by atoms with van der Waals surface area (Å²) in [6, 6.07) is 6.10. The highest BCUT2D eigenvalue weighted by molar-refractivity contribution is 5.63. The van der Waals surface area contributed by atoms with E-state index >= 15 is 0 Å². The van der Waals surface area contributed by atoms with Gasteiger partial charge in [-0.25, -0.2) is 0 Å². The third-order valence-electron chi connectivity index (χ3n) is 5.40. The number of aromatic hydroxyl groups is 1. The lowest BCUT2D eigenvalue weighted by atomic mass is 9.79. The van der Waals surface area contributed by atoms with Crippen LogP contribution in [0.4, 0.5) is 0 Å². The molecule has 6 heteroatoms. The quantitative estimate of drug-likeness (QED) is 0.908. The van der Waals surface area contributed by atoms with Crippen molar-refractivity contribution in [3.63, 3.8) is 0 Å². The van der Waals surface area contributed by atoms with Gasteiger partial charge in [-0.2, -0.15) is 0 Å². The van der Waals surface area contributed by atoms with Crippen molar-refractivity contribution in [2.24, 2.45) is 0 Å². The molecule has 2 aliphatic heterocycles. The normalized spacial score (nSPS) is 20.0. The van der Waals surface area contributed by atoms with Crippen LogP contribution >= 0.6 is 0 Å². The van der Waals surface area contributed by atoms with Gasteiger partial charge in [-0.1, -0.05) is 0 Å². The van der Waals surface area contributed by atoms with Gasteiger partial charge in [-0.3, -0.25) is 4.90 Å². The molecule has 2 heterocycles. The molecular weight excluding hydrogens is 334 g/mol. The van der Waals surface area contributed by atoms with Gasteiger partial charge in [-0.05, 0) is 34.9 Å². The molecule has 0 aliphatic carbocycles. The molecule has 0 amide bonds. The first-order valence-electron chi connectivity index (χ1n) is 8.55. The number of phenolic OH excluding ortho intramolecular Hbond substituents is 1. The molecule has 0 aromatic heterocycles. The van der Waals surface area contributed by atoms with Crippen molar-refractivity contribution in [1.29, 1.82) is 0 Å². The van der Waals surface area contributed by atoms with E-state index in [9.17, 15) is 5.11 Å². The third kappa shape index (κ3) is 2.36. The first-order valence-corrected chi connectivity index (χ1v) is 8.55. The zero-order valence-electron chi connectivity index (χ0n) is 15.5. The van der Waals surface area contributed by atoms with Crippen molar-refractivity contribution in [2.45, 2.75) is 19.0 Å². The molecule has 1 unspecified atom stereocenters. The number of rotatable bonds is 4. The maximum Gasteiger partial charge on any atom is 0.203 e. The highest BCUT2D eigenvalue weighted by Crippen LogP contribution is 2.50. The standard InChI is InChI=1S/C20H23NO5/c1-23-16-5-11-8-21-9-14(12(11)6-17(16)24-2)13-7-18(25-3)20(26-4)19(22)15(13)10-21/h5-7,14,22H,8-10H2,1-4H3/t14-/m0/s1. The maximum atomic E-state index is 10.8. The number of nitrogens with zero attached hydrogens (tertiary/aromatic N) is 1. The summed E-state index contributed by atoms with van der Waals surface area (Å²) in [5.41, 5.74) is 4.40. The summed E-state index contributed by atoms with van der Waals surface area (Å²) in [5, 5.41) is 10.8. The van der Waals surface area contributed by atoms with Gasteiger partial charge in [-0.15, -0.1) is 0 Å².